The van der Waals surface area contributed by atoms with Gasteiger partial charge in [0.15, 0.2) is 0 Å². The molecule has 0 aromatic carbocycles. The molecule has 1 fully saturated rings. The lowest BCUT2D eigenvalue weighted by atomic mass is 9.96. The maximum atomic E-state index is 5.78. The van der Waals surface area contributed by atoms with Gasteiger partial charge in [0.1, 0.15) is 0 Å². The molecule has 0 radical (unpaired) electrons. The predicted octanol–water partition coefficient (Wildman–Crippen LogP) is 0.372. The monoisotopic (exact) mass is 194 g/mol. The molecular weight excluding hydrogens is 176 g/mol. The Hall–Kier alpha value is -0.870. The van der Waals surface area contributed by atoms with Crippen LogP contribution in [-0.2, 0) is 7.05 Å². The number of aromatic nitrogens is 2. The number of nitrogens with two attached hydrogens (primary N) is 1. The van der Waals surface area contributed by atoms with E-state index in [4.69, 9.17) is 5.73 Å². The van der Waals surface area contributed by atoms with Gasteiger partial charge in [-0.25, -0.2) is 0 Å². The van der Waals surface area contributed by atoms with Crippen LogP contribution in [0.5, 0.6) is 0 Å². The van der Waals surface area contributed by atoms with E-state index in [0.717, 1.165) is 13.1 Å². The first kappa shape index (κ1) is 9.68. The summed E-state index contributed by atoms with van der Waals surface area (Å²) in [6, 6.07) is 0.466. The van der Waals surface area contributed by atoms with Gasteiger partial charge in [-0.05, 0) is 32.5 Å². The first-order chi connectivity index (χ1) is 6.72. The van der Waals surface area contributed by atoms with E-state index in [1.807, 2.05) is 17.9 Å². The van der Waals surface area contributed by atoms with Gasteiger partial charge in [-0.2, -0.15) is 5.10 Å². The molecular formula is C10H18N4. The summed E-state index contributed by atoms with van der Waals surface area (Å²) in [5, 5.41) is 4.21. The average molecular weight is 194 g/mol. The topological polar surface area (TPSA) is 47.1 Å². The second-order valence-electron chi connectivity index (χ2n) is 4.16. The van der Waals surface area contributed by atoms with Crippen LogP contribution in [0.25, 0.3) is 0 Å². The molecule has 0 bridgehead atoms. The fourth-order valence-corrected chi connectivity index (χ4v) is 2.39. The molecule has 2 rings (SSSR count). The van der Waals surface area contributed by atoms with E-state index in [1.165, 1.54) is 12.0 Å². The number of aryl methyl sites for hydroxylation is 1. The second kappa shape index (κ2) is 3.71. The molecule has 4 heteroatoms. The maximum Gasteiger partial charge on any atom is 0.0537 e. The summed E-state index contributed by atoms with van der Waals surface area (Å²) in [6.45, 7) is 1.91. The van der Waals surface area contributed by atoms with Crippen LogP contribution in [0.2, 0.25) is 0 Å². The smallest absolute Gasteiger partial charge is 0.0537 e. The molecule has 1 saturated heterocycles. The van der Waals surface area contributed by atoms with Crippen LogP contribution < -0.4 is 5.73 Å². The SMILES string of the molecule is CN1CCC(CN)C1c1cnn(C)c1. The van der Waals surface area contributed by atoms with Crippen molar-refractivity contribution in [1.82, 2.24) is 14.7 Å². The quantitative estimate of drug-likeness (QED) is 0.740. The molecule has 78 valence electrons. The Balaban J connectivity index is 2.22. The Morgan fingerprint density at radius 1 is 1.57 bits per heavy atom. The Morgan fingerprint density at radius 3 is 2.93 bits per heavy atom. The fourth-order valence-electron chi connectivity index (χ4n) is 2.39. The van der Waals surface area contributed by atoms with Crippen molar-refractivity contribution in [1.29, 1.82) is 0 Å². The third-order valence-electron chi connectivity index (χ3n) is 3.14. The minimum Gasteiger partial charge on any atom is -0.330 e. The van der Waals surface area contributed by atoms with Crippen LogP contribution in [-0.4, -0.2) is 34.8 Å². The standard InChI is InChI=1S/C10H18N4/c1-13-4-3-8(5-11)10(13)9-6-12-14(2)7-9/h6-8,10H,3-5,11H2,1-2H3. The minimum absolute atomic E-state index is 0.466. The normalized spacial score (nSPS) is 28.5. The van der Waals surface area contributed by atoms with Crippen molar-refractivity contribution in [2.45, 2.75) is 12.5 Å². The van der Waals surface area contributed by atoms with E-state index in [0.29, 0.717) is 12.0 Å². The summed E-state index contributed by atoms with van der Waals surface area (Å²) in [6.07, 6.45) is 5.25. The third-order valence-corrected chi connectivity index (χ3v) is 3.14. The summed E-state index contributed by atoms with van der Waals surface area (Å²) >= 11 is 0. The van der Waals surface area contributed by atoms with E-state index in [1.54, 1.807) is 0 Å². The average Bonchev–Trinajstić information content (AvgIpc) is 2.71. The van der Waals surface area contributed by atoms with Gasteiger partial charge in [-0.15, -0.1) is 0 Å². The molecule has 1 aromatic rings. The molecule has 0 amide bonds. The summed E-state index contributed by atoms with van der Waals surface area (Å²) in [4.78, 5) is 2.37. The highest BCUT2D eigenvalue weighted by Crippen LogP contribution is 2.34. The molecule has 1 aliphatic rings. The highest BCUT2D eigenvalue weighted by atomic mass is 15.3. The highest BCUT2D eigenvalue weighted by molar-refractivity contribution is 5.14. The highest BCUT2D eigenvalue weighted by Gasteiger charge is 2.32. The molecule has 0 saturated carbocycles. The molecule has 1 aromatic heterocycles. The lowest BCUT2D eigenvalue weighted by Gasteiger charge is -2.22. The van der Waals surface area contributed by atoms with E-state index in [2.05, 4.69) is 23.2 Å². The van der Waals surface area contributed by atoms with Crippen LogP contribution in [0.15, 0.2) is 12.4 Å². The molecule has 2 heterocycles. The summed E-state index contributed by atoms with van der Waals surface area (Å²) < 4.78 is 1.86. The lowest BCUT2D eigenvalue weighted by molar-refractivity contribution is 0.279. The lowest BCUT2D eigenvalue weighted by Crippen LogP contribution is -2.24. The van der Waals surface area contributed by atoms with Crippen molar-refractivity contribution in [3.8, 4) is 0 Å². The Morgan fingerprint density at radius 2 is 2.36 bits per heavy atom. The molecule has 14 heavy (non-hydrogen) atoms. The molecule has 0 aliphatic carbocycles. The van der Waals surface area contributed by atoms with Gasteiger partial charge >= 0.3 is 0 Å². The zero-order chi connectivity index (χ0) is 10.1. The summed E-state index contributed by atoms with van der Waals surface area (Å²) in [7, 11) is 4.11. The van der Waals surface area contributed by atoms with Crippen molar-refractivity contribution >= 4 is 0 Å². The van der Waals surface area contributed by atoms with E-state index in [-0.39, 0.29) is 0 Å². The van der Waals surface area contributed by atoms with E-state index >= 15 is 0 Å². The van der Waals surface area contributed by atoms with Gasteiger partial charge < -0.3 is 5.73 Å². The largest absolute Gasteiger partial charge is 0.330 e. The fraction of sp³-hybridized carbons (Fsp3) is 0.700. The number of nitrogens with zero attached hydrogens (tertiary/aromatic N) is 3. The summed E-state index contributed by atoms with van der Waals surface area (Å²) in [5.74, 6) is 0.587. The van der Waals surface area contributed by atoms with Gasteiger partial charge in [0.2, 0.25) is 0 Å². The zero-order valence-corrected chi connectivity index (χ0v) is 8.85. The van der Waals surface area contributed by atoms with Crippen LogP contribution in [0.1, 0.15) is 18.0 Å². The predicted molar refractivity (Wildman–Crippen MR) is 55.7 cm³/mol. The number of hydrogen-bond acceptors (Lipinski definition) is 3. The number of hydrogen-bond donors (Lipinski definition) is 1. The van der Waals surface area contributed by atoms with Gasteiger partial charge in [-0.3, -0.25) is 9.58 Å². The van der Waals surface area contributed by atoms with Gasteiger partial charge in [0.25, 0.3) is 0 Å². The van der Waals surface area contributed by atoms with Crippen LogP contribution in [0, 0.1) is 5.92 Å². The van der Waals surface area contributed by atoms with Crippen molar-refractivity contribution in [2.75, 3.05) is 20.1 Å². The van der Waals surface area contributed by atoms with E-state index < -0.39 is 0 Å². The minimum atomic E-state index is 0.466. The van der Waals surface area contributed by atoms with Crippen molar-refractivity contribution in [2.24, 2.45) is 18.7 Å². The van der Waals surface area contributed by atoms with Crippen LogP contribution in [0.3, 0.4) is 0 Å². The van der Waals surface area contributed by atoms with Crippen LogP contribution >= 0.6 is 0 Å². The van der Waals surface area contributed by atoms with Crippen molar-refractivity contribution in [3.05, 3.63) is 18.0 Å². The molecule has 2 atom stereocenters. The Labute approximate surface area is 84.7 Å². The van der Waals surface area contributed by atoms with Gasteiger partial charge in [-0.1, -0.05) is 0 Å². The van der Waals surface area contributed by atoms with Gasteiger partial charge in [0, 0.05) is 24.8 Å². The van der Waals surface area contributed by atoms with Gasteiger partial charge in [0.05, 0.1) is 6.20 Å². The van der Waals surface area contributed by atoms with E-state index in [9.17, 15) is 0 Å². The summed E-state index contributed by atoms with van der Waals surface area (Å²) in [5.41, 5.74) is 7.07. The third kappa shape index (κ3) is 1.55. The molecule has 1 aliphatic heterocycles. The molecule has 4 nitrogen and oxygen atoms in total. The van der Waals surface area contributed by atoms with Crippen molar-refractivity contribution in [3.63, 3.8) is 0 Å². The molecule has 2 unspecified atom stereocenters. The van der Waals surface area contributed by atoms with Crippen molar-refractivity contribution < 1.29 is 0 Å². The number of rotatable bonds is 2. The zero-order valence-electron chi connectivity index (χ0n) is 8.85. The molecule has 2 N–H and O–H groups in total. The Kier molecular flexibility index (Phi) is 2.56. The molecule has 0 spiro atoms. The Bertz CT molecular complexity index is 307. The van der Waals surface area contributed by atoms with Crippen LogP contribution in [0.4, 0.5) is 0 Å². The maximum absolute atomic E-state index is 5.78. The first-order valence-electron chi connectivity index (χ1n) is 5.11. The second-order valence-corrected chi connectivity index (χ2v) is 4.16. The first-order valence-corrected chi connectivity index (χ1v) is 5.11. The number of likely N-dealkylation sites (tertiary alicyclic amines) is 1.